The zero-order chi connectivity index (χ0) is 14.8. The monoisotopic (exact) mass is 300 g/mol. The number of nitrogens with one attached hydrogen (secondary N) is 1. The molecule has 0 fully saturated rings. The summed E-state index contributed by atoms with van der Waals surface area (Å²) in [6.07, 6.45) is 0. The number of hydrogen-bond donors (Lipinski definition) is 1. The predicted octanol–water partition coefficient (Wildman–Crippen LogP) is 3.67. The van der Waals surface area contributed by atoms with Crippen LogP contribution in [0.3, 0.4) is 0 Å². The number of thiazole rings is 1. The van der Waals surface area contributed by atoms with Gasteiger partial charge < -0.3 is 5.32 Å². The van der Waals surface area contributed by atoms with Crippen molar-refractivity contribution in [3.8, 4) is 0 Å². The lowest BCUT2D eigenvalue weighted by Gasteiger charge is -2.06. The van der Waals surface area contributed by atoms with Gasteiger partial charge in [-0.15, -0.1) is 11.3 Å². The van der Waals surface area contributed by atoms with E-state index in [1.54, 1.807) is 18.3 Å². The van der Waals surface area contributed by atoms with Gasteiger partial charge in [0.05, 0.1) is 16.8 Å². The molecule has 0 saturated heterocycles. The van der Waals surface area contributed by atoms with Gasteiger partial charge in [0.1, 0.15) is 10.8 Å². The minimum absolute atomic E-state index is 0.216. The highest BCUT2D eigenvalue weighted by Crippen LogP contribution is 2.21. The third-order valence-electron chi connectivity index (χ3n) is 3.17. The first kappa shape index (κ1) is 13.7. The van der Waals surface area contributed by atoms with Gasteiger partial charge in [0, 0.05) is 5.56 Å². The van der Waals surface area contributed by atoms with Crippen molar-refractivity contribution in [3.05, 3.63) is 64.4 Å². The van der Waals surface area contributed by atoms with Crippen LogP contribution in [0, 0.1) is 12.7 Å². The summed E-state index contributed by atoms with van der Waals surface area (Å²) >= 11 is 1.56. The summed E-state index contributed by atoms with van der Waals surface area (Å²) in [4.78, 5) is 16.6. The number of aromatic nitrogens is 1. The van der Waals surface area contributed by atoms with Crippen LogP contribution in [0.1, 0.15) is 20.9 Å². The van der Waals surface area contributed by atoms with E-state index in [9.17, 15) is 9.18 Å². The van der Waals surface area contributed by atoms with Gasteiger partial charge in [-0.05, 0) is 42.8 Å². The Morgan fingerprint density at radius 3 is 2.86 bits per heavy atom. The quantitative estimate of drug-likeness (QED) is 0.802. The molecule has 0 saturated carbocycles. The van der Waals surface area contributed by atoms with Gasteiger partial charge in [0.15, 0.2) is 0 Å². The van der Waals surface area contributed by atoms with Crippen LogP contribution >= 0.6 is 11.3 Å². The first-order valence-electron chi connectivity index (χ1n) is 6.52. The molecule has 0 radical (unpaired) electrons. The molecule has 21 heavy (non-hydrogen) atoms. The van der Waals surface area contributed by atoms with Gasteiger partial charge >= 0.3 is 0 Å². The largest absolute Gasteiger partial charge is 0.346 e. The Kier molecular flexibility index (Phi) is 3.66. The van der Waals surface area contributed by atoms with Crippen LogP contribution < -0.4 is 5.32 Å². The smallest absolute Gasteiger partial charge is 0.251 e. The summed E-state index contributed by atoms with van der Waals surface area (Å²) in [6, 6.07) is 12.0. The van der Waals surface area contributed by atoms with E-state index in [0.717, 1.165) is 15.2 Å². The van der Waals surface area contributed by atoms with Crippen molar-refractivity contribution in [2.24, 2.45) is 0 Å². The first-order valence-corrected chi connectivity index (χ1v) is 7.34. The summed E-state index contributed by atoms with van der Waals surface area (Å²) < 4.78 is 14.1. The number of benzene rings is 2. The molecule has 0 aliphatic heterocycles. The lowest BCUT2D eigenvalue weighted by atomic mass is 10.1. The Morgan fingerprint density at radius 1 is 1.29 bits per heavy atom. The van der Waals surface area contributed by atoms with E-state index in [-0.39, 0.29) is 11.7 Å². The van der Waals surface area contributed by atoms with Crippen molar-refractivity contribution < 1.29 is 9.18 Å². The maximum Gasteiger partial charge on any atom is 0.251 e. The summed E-state index contributed by atoms with van der Waals surface area (Å²) in [6.45, 7) is 2.09. The fourth-order valence-electron chi connectivity index (χ4n) is 2.13. The Morgan fingerprint density at radius 2 is 2.10 bits per heavy atom. The molecule has 0 unspecified atom stereocenters. The van der Waals surface area contributed by atoms with Gasteiger partial charge in [-0.25, -0.2) is 9.37 Å². The van der Waals surface area contributed by atoms with Crippen molar-refractivity contribution in [2.75, 3.05) is 0 Å². The standard InChI is InChI=1S/C16H13FN2OS/c1-10-8-11(17)6-7-12(10)16(20)18-9-15-19-13-4-2-3-5-14(13)21-15/h2-8H,9H2,1H3,(H,18,20). The highest BCUT2D eigenvalue weighted by molar-refractivity contribution is 7.18. The molecule has 3 aromatic rings. The molecule has 0 spiro atoms. The van der Waals surface area contributed by atoms with Crippen LogP contribution in [0.15, 0.2) is 42.5 Å². The zero-order valence-electron chi connectivity index (χ0n) is 11.4. The number of amides is 1. The van der Waals surface area contributed by atoms with E-state index >= 15 is 0 Å². The summed E-state index contributed by atoms with van der Waals surface area (Å²) in [5, 5.41) is 3.67. The van der Waals surface area contributed by atoms with Crippen LogP contribution in [-0.4, -0.2) is 10.9 Å². The van der Waals surface area contributed by atoms with E-state index in [2.05, 4.69) is 10.3 Å². The van der Waals surface area contributed by atoms with E-state index in [1.165, 1.54) is 18.2 Å². The molecule has 0 aliphatic rings. The fourth-order valence-corrected chi connectivity index (χ4v) is 3.04. The third kappa shape index (κ3) is 2.92. The zero-order valence-corrected chi connectivity index (χ0v) is 12.2. The number of rotatable bonds is 3. The molecule has 5 heteroatoms. The second-order valence-corrected chi connectivity index (χ2v) is 5.83. The van der Waals surface area contributed by atoms with Crippen molar-refractivity contribution in [2.45, 2.75) is 13.5 Å². The van der Waals surface area contributed by atoms with E-state index in [0.29, 0.717) is 17.7 Å². The number of carbonyl (C=O) groups excluding carboxylic acids is 1. The van der Waals surface area contributed by atoms with Crippen LogP contribution in [0.2, 0.25) is 0 Å². The van der Waals surface area contributed by atoms with Crippen molar-refractivity contribution in [1.29, 1.82) is 0 Å². The number of aryl methyl sites for hydroxylation is 1. The molecular formula is C16H13FN2OS. The van der Waals surface area contributed by atoms with Gasteiger partial charge in [0.25, 0.3) is 5.91 Å². The van der Waals surface area contributed by atoms with Crippen molar-refractivity contribution in [1.82, 2.24) is 10.3 Å². The second-order valence-electron chi connectivity index (χ2n) is 4.72. The van der Waals surface area contributed by atoms with Crippen LogP contribution in [0.5, 0.6) is 0 Å². The molecule has 1 heterocycles. The maximum atomic E-state index is 13.0. The first-order chi connectivity index (χ1) is 10.1. The number of para-hydroxylation sites is 1. The normalized spacial score (nSPS) is 10.8. The lowest BCUT2D eigenvalue weighted by Crippen LogP contribution is -2.23. The van der Waals surface area contributed by atoms with Crippen molar-refractivity contribution in [3.63, 3.8) is 0 Å². The van der Waals surface area contributed by atoms with Gasteiger partial charge in [0.2, 0.25) is 0 Å². The maximum absolute atomic E-state index is 13.0. The minimum atomic E-state index is -0.338. The van der Waals surface area contributed by atoms with E-state index in [4.69, 9.17) is 0 Å². The van der Waals surface area contributed by atoms with Gasteiger partial charge in [-0.2, -0.15) is 0 Å². The Hall–Kier alpha value is -2.27. The number of hydrogen-bond acceptors (Lipinski definition) is 3. The van der Waals surface area contributed by atoms with Crippen molar-refractivity contribution >= 4 is 27.5 Å². The van der Waals surface area contributed by atoms with Crippen LogP contribution in [-0.2, 0) is 6.54 Å². The molecular weight excluding hydrogens is 287 g/mol. The predicted molar refractivity (Wildman–Crippen MR) is 81.9 cm³/mol. The number of halogens is 1. The Labute approximate surface area is 125 Å². The minimum Gasteiger partial charge on any atom is -0.346 e. The Balaban J connectivity index is 1.73. The molecule has 0 atom stereocenters. The van der Waals surface area contributed by atoms with Gasteiger partial charge in [-0.1, -0.05) is 12.1 Å². The number of nitrogens with zero attached hydrogens (tertiary/aromatic N) is 1. The Bertz CT molecular complexity index is 780. The number of fused-ring (bicyclic) bond motifs is 1. The SMILES string of the molecule is Cc1cc(F)ccc1C(=O)NCc1nc2ccccc2s1. The summed E-state index contributed by atoms with van der Waals surface area (Å²) in [5.41, 5.74) is 2.04. The molecule has 0 bridgehead atoms. The molecule has 3 nitrogen and oxygen atoms in total. The third-order valence-corrected chi connectivity index (χ3v) is 4.21. The van der Waals surface area contributed by atoms with Crippen LogP contribution in [0.25, 0.3) is 10.2 Å². The highest BCUT2D eigenvalue weighted by Gasteiger charge is 2.10. The summed E-state index contributed by atoms with van der Waals surface area (Å²) in [7, 11) is 0. The molecule has 1 aromatic heterocycles. The molecule has 0 aliphatic carbocycles. The average Bonchev–Trinajstić information content (AvgIpc) is 2.87. The fraction of sp³-hybridized carbons (Fsp3) is 0.125. The summed E-state index contributed by atoms with van der Waals surface area (Å²) in [5.74, 6) is -0.554. The molecule has 106 valence electrons. The number of carbonyl (C=O) groups is 1. The lowest BCUT2D eigenvalue weighted by molar-refractivity contribution is 0.0950. The average molecular weight is 300 g/mol. The highest BCUT2D eigenvalue weighted by atomic mass is 32.1. The van der Waals surface area contributed by atoms with E-state index in [1.807, 2.05) is 24.3 Å². The molecule has 1 N–H and O–H groups in total. The molecule has 2 aromatic carbocycles. The van der Waals surface area contributed by atoms with Gasteiger partial charge in [-0.3, -0.25) is 4.79 Å². The molecule has 1 amide bonds. The van der Waals surface area contributed by atoms with Crippen LogP contribution in [0.4, 0.5) is 4.39 Å². The van der Waals surface area contributed by atoms with E-state index < -0.39 is 0 Å². The topological polar surface area (TPSA) is 42.0 Å². The second kappa shape index (κ2) is 5.61. The molecule has 3 rings (SSSR count).